The van der Waals surface area contributed by atoms with Crippen LogP contribution >= 0.6 is 11.6 Å². The van der Waals surface area contributed by atoms with Crippen molar-refractivity contribution in [3.63, 3.8) is 0 Å². The first-order chi connectivity index (χ1) is 9.31. The van der Waals surface area contributed by atoms with Crippen LogP contribution in [0.4, 0.5) is 0 Å². The van der Waals surface area contributed by atoms with Crippen molar-refractivity contribution in [1.29, 1.82) is 0 Å². The van der Waals surface area contributed by atoms with Crippen LogP contribution in [0, 0.1) is 0 Å². The Hall–Kier alpha value is -1.81. The lowest BCUT2D eigenvalue weighted by Gasteiger charge is -2.01. The molecule has 0 N–H and O–H groups in total. The van der Waals surface area contributed by atoms with Crippen LogP contribution < -0.4 is 0 Å². The van der Waals surface area contributed by atoms with Crippen LogP contribution in [0.2, 0.25) is 5.02 Å². The van der Waals surface area contributed by atoms with Crippen molar-refractivity contribution >= 4 is 22.5 Å². The van der Waals surface area contributed by atoms with Gasteiger partial charge in [0.2, 0.25) is 5.89 Å². The predicted molar refractivity (Wildman–Crippen MR) is 72.3 cm³/mol. The first kappa shape index (κ1) is 11.1. The molecule has 0 radical (unpaired) electrons. The normalized spacial score (nSPS) is 15.2. The number of aromatic nitrogens is 3. The maximum absolute atomic E-state index is 6.16. The van der Waals surface area contributed by atoms with E-state index in [1.807, 2.05) is 30.5 Å². The number of rotatable bonds is 3. The van der Waals surface area contributed by atoms with Crippen molar-refractivity contribution < 1.29 is 4.52 Å². The lowest BCUT2D eigenvalue weighted by atomic mass is 10.2. The second-order valence-corrected chi connectivity index (χ2v) is 5.34. The van der Waals surface area contributed by atoms with E-state index in [9.17, 15) is 0 Å². The van der Waals surface area contributed by atoms with Crippen molar-refractivity contribution in [2.24, 2.45) is 0 Å². The summed E-state index contributed by atoms with van der Waals surface area (Å²) in [7, 11) is 0. The van der Waals surface area contributed by atoms with Gasteiger partial charge in [-0.3, -0.25) is 0 Å². The molecule has 1 aliphatic carbocycles. The Balaban J connectivity index is 1.68. The van der Waals surface area contributed by atoms with Crippen LogP contribution in [-0.4, -0.2) is 14.7 Å². The molecule has 2 heterocycles. The molecule has 0 saturated heterocycles. The molecule has 1 saturated carbocycles. The molecule has 0 unspecified atom stereocenters. The summed E-state index contributed by atoms with van der Waals surface area (Å²) < 4.78 is 7.38. The molecule has 0 aliphatic heterocycles. The molecule has 0 spiro atoms. The molecule has 2 aromatic heterocycles. The molecule has 1 aliphatic rings. The summed E-state index contributed by atoms with van der Waals surface area (Å²) >= 11 is 6.16. The Labute approximate surface area is 115 Å². The zero-order valence-corrected chi connectivity index (χ0v) is 11.0. The monoisotopic (exact) mass is 273 g/mol. The quantitative estimate of drug-likeness (QED) is 0.732. The summed E-state index contributed by atoms with van der Waals surface area (Å²) in [6, 6.07) is 7.89. The van der Waals surface area contributed by atoms with Crippen molar-refractivity contribution in [2.45, 2.75) is 25.3 Å². The molecule has 4 rings (SSSR count). The summed E-state index contributed by atoms with van der Waals surface area (Å²) in [5.74, 6) is 2.03. The van der Waals surface area contributed by atoms with Gasteiger partial charge in [-0.15, -0.1) is 0 Å². The maximum Gasteiger partial charge on any atom is 0.246 e. The number of halogens is 1. The fourth-order valence-electron chi connectivity index (χ4n) is 2.31. The fraction of sp³-hybridized carbons (Fsp3) is 0.286. The number of hydrogen-bond donors (Lipinski definition) is 0. The van der Waals surface area contributed by atoms with Crippen LogP contribution in [0.25, 0.3) is 10.9 Å². The van der Waals surface area contributed by atoms with Gasteiger partial charge in [0.05, 0.1) is 0 Å². The van der Waals surface area contributed by atoms with Gasteiger partial charge in [0.15, 0.2) is 5.82 Å². The molecule has 96 valence electrons. The van der Waals surface area contributed by atoms with Crippen LogP contribution in [0.5, 0.6) is 0 Å². The van der Waals surface area contributed by atoms with Gasteiger partial charge >= 0.3 is 0 Å². The average molecular weight is 274 g/mol. The van der Waals surface area contributed by atoms with E-state index in [0.717, 1.165) is 21.7 Å². The summed E-state index contributed by atoms with van der Waals surface area (Å²) in [6.07, 6.45) is 4.36. The number of hydrogen-bond acceptors (Lipinski definition) is 3. The lowest BCUT2D eigenvalue weighted by molar-refractivity contribution is 0.367. The molecule has 19 heavy (non-hydrogen) atoms. The summed E-state index contributed by atoms with van der Waals surface area (Å²) in [5, 5.41) is 5.84. The third-order valence-corrected chi connectivity index (χ3v) is 3.82. The van der Waals surface area contributed by atoms with Gasteiger partial charge in [-0.2, -0.15) is 4.98 Å². The van der Waals surface area contributed by atoms with Gasteiger partial charge in [-0.1, -0.05) is 22.8 Å². The number of fused-ring (bicyclic) bond motifs is 1. The van der Waals surface area contributed by atoms with E-state index in [-0.39, 0.29) is 0 Å². The molecule has 0 atom stereocenters. The van der Waals surface area contributed by atoms with Crippen molar-refractivity contribution in [1.82, 2.24) is 14.7 Å². The topological polar surface area (TPSA) is 43.9 Å². The molecule has 0 bridgehead atoms. The van der Waals surface area contributed by atoms with Crippen LogP contribution in [0.3, 0.4) is 0 Å². The zero-order chi connectivity index (χ0) is 12.8. The predicted octanol–water partition coefficient (Wildman–Crippen LogP) is 3.60. The Morgan fingerprint density at radius 2 is 2.21 bits per heavy atom. The summed E-state index contributed by atoms with van der Waals surface area (Å²) in [6.45, 7) is 0.587. The van der Waals surface area contributed by atoms with E-state index in [4.69, 9.17) is 16.1 Å². The number of nitrogens with zero attached hydrogens (tertiary/aromatic N) is 3. The highest BCUT2D eigenvalue weighted by molar-refractivity contribution is 6.35. The molecule has 5 heteroatoms. The van der Waals surface area contributed by atoms with E-state index < -0.39 is 0 Å². The van der Waals surface area contributed by atoms with Crippen molar-refractivity contribution in [3.8, 4) is 0 Å². The molecule has 1 aromatic carbocycles. The fourth-order valence-corrected chi connectivity index (χ4v) is 2.54. The third kappa shape index (κ3) is 1.92. The lowest BCUT2D eigenvalue weighted by Crippen LogP contribution is -1.98. The first-order valence-corrected chi connectivity index (χ1v) is 6.75. The minimum Gasteiger partial charge on any atom is -0.338 e. The van der Waals surface area contributed by atoms with E-state index in [1.54, 1.807) is 0 Å². The van der Waals surface area contributed by atoms with Crippen LogP contribution in [0.15, 0.2) is 35.0 Å². The second-order valence-electron chi connectivity index (χ2n) is 4.94. The highest BCUT2D eigenvalue weighted by Gasteiger charge is 2.28. The van der Waals surface area contributed by atoms with Gasteiger partial charge in [0.25, 0.3) is 0 Å². The molecule has 0 amide bonds. The smallest absolute Gasteiger partial charge is 0.246 e. The average Bonchev–Trinajstić information content (AvgIpc) is 3.02. The number of benzene rings is 1. The summed E-state index contributed by atoms with van der Waals surface area (Å²) in [5.41, 5.74) is 1.08. The highest BCUT2D eigenvalue weighted by atomic mass is 35.5. The van der Waals surface area contributed by atoms with Crippen LogP contribution in [-0.2, 0) is 6.54 Å². The van der Waals surface area contributed by atoms with E-state index >= 15 is 0 Å². The van der Waals surface area contributed by atoms with Gasteiger partial charge in [-0.25, -0.2) is 0 Å². The van der Waals surface area contributed by atoms with Gasteiger partial charge in [0.1, 0.15) is 6.54 Å². The standard InChI is InChI=1S/C14H12ClN3O/c15-11-2-1-3-12-10(11)6-7-18(12)8-13-16-14(17-19-13)9-4-5-9/h1-3,6-7,9H,4-5,8H2. The zero-order valence-electron chi connectivity index (χ0n) is 10.2. The van der Waals surface area contributed by atoms with Crippen LogP contribution in [0.1, 0.15) is 30.5 Å². The maximum atomic E-state index is 6.16. The first-order valence-electron chi connectivity index (χ1n) is 6.37. The Bertz CT molecular complexity index is 742. The molecular formula is C14H12ClN3O. The minimum absolute atomic E-state index is 0.522. The van der Waals surface area contributed by atoms with E-state index in [1.165, 1.54) is 12.8 Å². The Kier molecular flexibility index (Phi) is 2.38. The van der Waals surface area contributed by atoms with Crippen molar-refractivity contribution in [2.75, 3.05) is 0 Å². The SMILES string of the molecule is Clc1cccc2c1ccn2Cc1nc(C2CC2)no1. The van der Waals surface area contributed by atoms with Crippen molar-refractivity contribution in [3.05, 3.63) is 47.2 Å². The second kappa shape index (κ2) is 4.10. The van der Waals surface area contributed by atoms with Gasteiger partial charge in [-0.05, 0) is 31.0 Å². The van der Waals surface area contributed by atoms with Gasteiger partial charge < -0.3 is 9.09 Å². The molecular weight excluding hydrogens is 262 g/mol. The Morgan fingerprint density at radius 1 is 1.32 bits per heavy atom. The molecule has 3 aromatic rings. The van der Waals surface area contributed by atoms with Gasteiger partial charge in [0, 0.05) is 28.0 Å². The molecule has 4 nitrogen and oxygen atoms in total. The highest BCUT2D eigenvalue weighted by Crippen LogP contribution is 2.38. The van der Waals surface area contributed by atoms with E-state index in [2.05, 4.69) is 14.7 Å². The Morgan fingerprint density at radius 3 is 3.05 bits per heavy atom. The summed E-state index contributed by atoms with van der Waals surface area (Å²) in [4.78, 5) is 4.44. The largest absolute Gasteiger partial charge is 0.338 e. The van der Waals surface area contributed by atoms with E-state index in [0.29, 0.717) is 18.4 Å². The minimum atomic E-state index is 0.522. The molecule has 1 fully saturated rings. The third-order valence-electron chi connectivity index (χ3n) is 3.49.